The molecule has 6 nitrogen and oxygen atoms in total. The number of hydrogen-bond acceptors (Lipinski definition) is 4. The Hall–Kier alpha value is -0.923. The van der Waals surface area contributed by atoms with Crippen molar-refractivity contribution in [2.45, 2.75) is 38.3 Å². The van der Waals surface area contributed by atoms with Crippen molar-refractivity contribution in [3.8, 4) is 0 Å². The molecule has 140 valence electrons. The molecule has 0 radical (unpaired) electrons. The molecule has 0 saturated heterocycles. The number of carbonyl (C=O) groups excluding carboxylic acids is 1. The minimum Gasteiger partial charge on any atom is -0.397 e. The first kappa shape index (κ1) is 22.1. The van der Waals surface area contributed by atoms with Crippen molar-refractivity contribution < 1.29 is 27.3 Å². The molecule has 0 fully saturated rings. The number of rotatable bonds is 5. The van der Waals surface area contributed by atoms with E-state index in [1.165, 1.54) is 31.8 Å². The number of alkyl halides is 3. The SMILES string of the molecule is CC(O[Si](C)(C)C)(C(=O)Nc1ccc(I)c([N+](=O)[O-])c1Cl)C(F)(F)F. The van der Waals surface area contributed by atoms with Gasteiger partial charge >= 0.3 is 11.9 Å². The van der Waals surface area contributed by atoms with Crippen molar-refractivity contribution in [3.05, 3.63) is 30.8 Å². The van der Waals surface area contributed by atoms with Crippen LogP contribution >= 0.6 is 34.2 Å². The second-order valence-corrected chi connectivity index (χ2v) is 12.2. The average molecular weight is 511 g/mol. The topological polar surface area (TPSA) is 81.5 Å². The average Bonchev–Trinajstić information content (AvgIpc) is 2.38. The van der Waals surface area contributed by atoms with Gasteiger partial charge in [-0.1, -0.05) is 11.6 Å². The van der Waals surface area contributed by atoms with Crippen LogP contribution in [0.5, 0.6) is 0 Å². The molecule has 0 aliphatic rings. The number of amides is 1. The zero-order valence-corrected chi connectivity index (χ0v) is 17.5. The van der Waals surface area contributed by atoms with Crippen molar-refractivity contribution >= 4 is 59.8 Å². The van der Waals surface area contributed by atoms with Gasteiger partial charge in [0.25, 0.3) is 5.91 Å². The number of anilines is 1. The highest BCUT2D eigenvalue weighted by atomic mass is 127. The fraction of sp³-hybridized carbons (Fsp3) is 0.462. The Bertz CT molecular complexity index is 712. The molecular weight excluding hydrogens is 496 g/mol. The van der Waals surface area contributed by atoms with E-state index in [9.17, 15) is 28.1 Å². The molecular formula is C13H15ClF3IN2O4Si. The maximum atomic E-state index is 13.5. The van der Waals surface area contributed by atoms with E-state index in [1.54, 1.807) is 22.6 Å². The monoisotopic (exact) mass is 510 g/mol. The molecule has 1 amide bonds. The number of halogens is 5. The summed E-state index contributed by atoms with van der Waals surface area (Å²) in [5, 5.41) is 12.6. The number of nitrogens with zero attached hydrogens (tertiary/aromatic N) is 1. The van der Waals surface area contributed by atoms with Crippen LogP contribution in [0, 0.1) is 13.7 Å². The number of benzene rings is 1. The second-order valence-electron chi connectivity index (χ2n) is 6.21. The quantitative estimate of drug-likeness (QED) is 0.263. The van der Waals surface area contributed by atoms with Gasteiger partial charge < -0.3 is 9.74 Å². The molecule has 0 bridgehead atoms. The highest BCUT2D eigenvalue weighted by Gasteiger charge is 2.59. The number of carbonyl (C=O) groups is 1. The lowest BCUT2D eigenvalue weighted by Crippen LogP contribution is -2.58. The predicted octanol–water partition coefficient (Wildman–Crippen LogP) is 4.96. The summed E-state index contributed by atoms with van der Waals surface area (Å²) in [6.07, 6.45) is -4.99. The van der Waals surface area contributed by atoms with Crippen LogP contribution in [0.4, 0.5) is 24.5 Å². The van der Waals surface area contributed by atoms with Crippen molar-refractivity contribution in [1.82, 2.24) is 0 Å². The summed E-state index contributed by atoms with van der Waals surface area (Å²) in [5.41, 5.74) is -3.91. The summed E-state index contributed by atoms with van der Waals surface area (Å²) in [5.74, 6) is -1.50. The van der Waals surface area contributed by atoms with Crippen molar-refractivity contribution in [2.75, 3.05) is 5.32 Å². The molecule has 0 heterocycles. The smallest absolute Gasteiger partial charge is 0.397 e. The van der Waals surface area contributed by atoms with Gasteiger partial charge in [0.1, 0.15) is 5.02 Å². The van der Waals surface area contributed by atoms with Crippen molar-refractivity contribution in [2.24, 2.45) is 0 Å². The van der Waals surface area contributed by atoms with Crippen LogP contribution in [0.15, 0.2) is 12.1 Å². The first-order valence-electron chi connectivity index (χ1n) is 6.81. The zero-order chi connectivity index (χ0) is 19.8. The van der Waals surface area contributed by atoms with Crippen LogP contribution in [-0.2, 0) is 9.22 Å². The summed E-state index contributed by atoms with van der Waals surface area (Å²) in [7, 11) is -2.76. The van der Waals surface area contributed by atoms with Crippen LogP contribution < -0.4 is 5.32 Å². The minimum absolute atomic E-state index is 0.183. The third-order valence-corrected chi connectivity index (χ3v) is 5.26. The van der Waals surface area contributed by atoms with E-state index in [-0.39, 0.29) is 9.26 Å². The third kappa shape index (κ3) is 5.05. The fourth-order valence-electron chi connectivity index (χ4n) is 1.89. The molecule has 0 aromatic heterocycles. The predicted molar refractivity (Wildman–Crippen MR) is 98.3 cm³/mol. The van der Waals surface area contributed by atoms with Crippen LogP contribution in [0.2, 0.25) is 24.7 Å². The minimum atomic E-state index is -4.99. The van der Waals surface area contributed by atoms with Gasteiger partial charge in [0, 0.05) is 0 Å². The summed E-state index contributed by atoms with van der Waals surface area (Å²) in [6, 6.07) is 2.46. The maximum absolute atomic E-state index is 13.5. The van der Waals surface area contributed by atoms with E-state index in [0.717, 1.165) is 0 Å². The molecule has 0 aliphatic heterocycles. The molecule has 1 unspecified atom stereocenters. The summed E-state index contributed by atoms with van der Waals surface area (Å²) < 4.78 is 45.6. The van der Waals surface area contributed by atoms with Crippen LogP contribution in [-0.4, -0.2) is 30.9 Å². The van der Waals surface area contributed by atoms with Gasteiger partial charge in [0.05, 0.1) is 14.2 Å². The van der Waals surface area contributed by atoms with E-state index in [1.807, 2.05) is 5.32 Å². The van der Waals surface area contributed by atoms with Crippen LogP contribution in [0.1, 0.15) is 6.92 Å². The highest BCUT2D eigenvalue weighted by Crippen LogP contribution is 2.39. The van der Waals surface area contributed by atoms with Crippen molar-refractivity contribution in [1.29, 1.82) is 0 Å². The standard InChI is InChI=1S/C13H15ClF3IN2O4Si/c1-12(13(15,16)17,24-25(2,3)4)11(21)19-8-6-5-7(18)10(9(8)14)20(22)23/h5-6H,1-4H3,(H,19,21). The molecule has 1 aromatic carbocycles. The second kappa shape index (κ2) is 7.37. The highest BCUT2D eigenvalue weighted by molar-refractivity contribution is 14.1. The Labute approximate surface area is 161 Å². The molecule has 1 atom stereocenters. The van der Waals surface area contributed by atoms with E-state index < -0.39 is 41.6 Å². The summed E-state index contributed by atoms with van der Waals surface area (Å²) >= 11 is 7.54. The van der Waals surface area contributed by atoms with E-state index in [2.05, 4.69) is 0 Å². The molecule has 1 aromatic rings. The lowest BCUT2D eigenvalue weighted by molar-refractivity contribution is -0.385. The van der Waals surface area contributed by atoms with E-state index in [4.69, 9.17) is 16.0 Å². The number of nitro benzene ring substituents is 1. The number of nitrogens with one attached hydrogen (secondary N) is 1. The lowest BCUT2D eigenvalue weighted by atomic mass is 10.1. The molecule has 1 N–H and O–H groups in total. The van der Waals surface area contributed by atoms with Gasteiger partial charge in [-0.05, 0) is 61.3 Å². The molecule has 0 saturated carbocycles. The van der Waals surface area contributed by atoms with Gasteiger partial charge in [-0.25, -0.2) is 0 Å². The first-order valence-corrected chi connectivity index (χ1v) is 11.7. The Morgan fingerprint density at radius 2 is 1.88 bits per heavy atom. The van der Waals surface area contributed by atoms with Crippen LogP contribution in [0.25, 0.3) is 0 Å². The van der Waals surface area contributed by atoms with Gasteiger partial charge in [0.2, 0.25) is 5.60 Å². The van der Waals surface area contributed by atoms with Gasteiger partial charge in [-0.2, -0.15) is 13.2 Å². The normalized spacial score (nSPS) is 14.8. The maximum Gasteiger partial charge on any atom is 0.425 e. The molecule has 12 heteroatoms. The Kier molecular flexibility index (Phi) is 6.52. The zero-order valence-electron chi connectivity index (χ0n) is 13.6. The van der Waals surface area contributed by atoms with Gasteiger partial charge in [-0.15, -0.1) is 0 Å². The number of nitro groups is 1. The Morgan fingerprint density at radius 1 is 1.36 bits per heavy atom. The van der Waals surface area contributed by atoms with Crippen molar-refractivity contribution in [3.63, 3.8) is 0 Å². The Morgan fingerprint density at radius 3 is 2.28 bits per heavy atom. The number of hydrogen-bond donors (Lipinski definition) is 1. The van der Waals surface area contributed by atoms with Gasteiger partial charge in [0.15, 0.2) is 8.32 Å². The molecule has 25 heavy (non-hydrogen) atoms. The molecule has 0 spiro atoms. The third-order valence-electron chi connectivity index (χ3n) is 2.98. The first-order chi connectivity index (χ1) is 11.1. The van der Waals surface area contributed by atoms with E-state index >= 15 is 0 Å². The fourth-order valence-corrected chi connectivity index (χ4v) is 4.41. The lowest BCUT2D eigenvalue weighted by Gasteiger charge is -2.36. The summed E-state index contributed by atoms with van der Waals surface area (Å²) in [6.45, 7) is 5.14. The molecule has 0 aliphatic carbocycles. The van der Waals surface area contributed by atoms with E-state index in [0.29, 0.717) is 6.92 Å². The van der Waals surface area contributed by atoms with Crippen LogP contribution in [0.3, 0.4) is 0 Å². The summed E-state index contributed by atoms with van der Waals surface area (Å²) in [4.78, 5) is 22.6. The molecule has 1 rings (SSSR count). The van der Waals surface area contributed by atoms with Gasteiger partial charge in [-0.3, -0.25) is 14.9 Å². The largest absolute Gasteiger partial charge is 0.425 e. The Balaban J connectivity index is 3.31.